The molecular formula is C12H20N4S. The van der Waals surface area contributed by atoms with Crippen LogP contribution in [0.1, 0.15) is 32.9 Å². The standard InChI is InChI=1S/C12H20N4S/c1-5-8(3)7-15-11-10(13-12(15)17)9(4)14-16(11)6-2/h8H,5-7H2,1-4H3,(H,13,17). The van der Waals surface area contributed by atoms with E-state index < -0.39 is 0 Å². The Morgan fingerprint density at radius 3 is 2.71 bits per heavy atom. The second kappa shape index (κ2) is 4.64. The number of fused-ring (bicyclic) bond motifs is 1. The first-order valence-corrected chi connectivity index (χ1v) is 6.65. The van der Waals surface area contributed by atoms with E-state index in [-0.39, 0.29) is 0 Å². The summed E-state index contributed by atoms with van der Waals surface area (Å²) in [6.07, 6.45) is 1.16. The maximum Gasteiger partial charge on any atom is 0.179 e. The highest BCUT2D eigenvalue weighted by Gasteiger charge is 2.14. The molecule has 0 saturated carbocycles. The molecule has 1 atom stereocenters. The molecule has 2 rings (SSSR count). The third kappa shape index (κ3) is 2.04. The van der Waals surface area contributed by atoms with Crippen molar-refractivity contribution in [3.63, 3.8) is 0 Å². The number of rotatable bonds is 4. The number of nitrogens with zero attached hydrogens (tertiary/aromatic N) is 3. The molecule has 94 valence electrons. The summed E-state index contributed by atoms with van der Waals surface area (Å²) in [7, 11) is 0. The van der Waals surface area contributed by atoms with Crippen LogP contribution < -0.4 is 0 Å². The summed E-state index contributed by atoms with van der Waals surface area (Å²) in [5, 5.41) is 4.52. The summed E-state index contributed by atoms with van der Waals surface area (Å²) >= 11 is 5.41. The number of aromatic amines is 1. The van der Waals surface area contributed by atoms with Crippen molar-refractivity contribution in [1.82, 2.24) is 19.3 Å². The van der Waals surface area contributed by atoms with Gasteiger partial charge >= 0.3 is 0 Å². The molecule has 0 aliphatic rings. The second-order valence-electron chi connectivity index (χ2n) is 4.65. The molecule has 0 fully saturated rings. The molecule has 4 nitrogen and oxygen atoms in total. The smallest absolute Gasteiger partial charge is 0.179 e. The maximum absolute atomic E-state index is 5.41. The minimum atomic E-state index is 0.626. The van der Waals surface area contributed by atoms with Gasteiger partial charge in [-0.15, -0.1) is 0 Å². The Kier molecular flexibility index (Phi) is 3.38. The highest BCUT2D eigenvalue weighted by atomic mass is 32.1. The van der Waals surface area contributed by atoms with Crippen molar-refractivity contribution >= 4 is 23.4 Å². The summed E-state index contributed by atoms with van der Waals surface area (Å²) in [6.45, 7) is 10.4. The number of H-pyrrole nitrogens is 1. The van der Waals surface area contributed by atoms with Crippen molar-refractivity contribution in [2.45, 2.75) is 47.2 Å². The van der Waals surface area contributed by atoms with Gasteiger partial charge < -0.3 is 9.55 Å². The van der Waals surface area contributed by atoms with Crippen LogP contribution in [-0.2, 0) is 13.1 Å². The minimum absolute atomic E-state index is 0.626. The van der Waals surface area contributed by atoms with Gasteiger partial charge in [-0.25, -0.2) is 4.68 Å². The van der Waals surface area contributed by atoms with Gasteiger partial charge in [-0.1, -0.05) is 20.3 Å². The summed E-state index contributed by atoms with van der Waals surface area (Å²) in [6, 6.07) is 0. The lowest BCUT2D eigenvalue weighted by molar-refractivity contribution is 0.465. The topological polar surface area (TPSA) is 38.5 Å². The first-order chi connectivity index (χ1) is 8.08. The number of aromatic nitrogens is 4. The van der Waals surface area contributed by atoms with E-state index in [9.17, 15) is 0 Å². The van der Waals surface area contributed by atoms with Crippen molar-refractivity contribution in [1.29, 1.82) is 0 Å². The van der Waals surface area contributed by atoms with E-state index in [0.29, 0.717) is 5.92 Å². The third-order valence-corrected chi connectivity index (χ3v) is 3.65. The minimum Gasteiger partial charge on any atom is -0.328 e. The van der Waals surface area contributed by atoms with Crippen LogP contribution in [-0.4, -0.2) is 19.3 Å². The van der Waals surface area contributed by atoms with Crippen LogP contribution in [0.25, 0.3) is 11.2 Å². The zero-order valence-corrected chi connectivity index (χ0v) is 11.8. The van der Waals surface area contributed by atoms with Gasteiger partial charge in [-0.3, -0.25) is 0 Å². The summed E-state index contributed by atoms with van der Waals surface area (Å²) < 4.78 is 5.02. The monoisotopic (exact) mass is 252 g/mol. The van der Waals surface area contributed by atoms with Gasteiger partial charge in [0.1, 0.15) is 5.52 Å². The van der Waals surface area contributed by atoms with E-state index in [4.69, 9.17) is 12.2 Å². The van der Waals surface area contributed by atoms with E-state index in [0.717, 1.165) is 41.1 Å². The van der Waals surface area contributed by atoms with Crippen molar-refractivity contribution in [2.75, 3.05) is 0 Å². The molecule has 1 unspecified atom stereocenters. The summed E-state index contributed by atoms with van der Waals surface area (Å²) in [5.74, 6) is 0.626. The number of nitrogens with one attached hydrogen (secondary N) is 1. The Balaban J connectivity index is 2.60. The molecule has 0 aliphatic heterocycles. The fraction of sp³-hybridized carbons (Fsp3) is 0.667. The first kappa shape index (κ1) is 12.4. The van der Waals surface area contributed by atoms with Crippen molar-refractivity contribution in [3.8, 4) is 0 Å². The Bertz CT molecular complexity index is 575. The maximum atomic E-state index is 5.41. The molecule has 0 spiro atoms. The lowest BCUT2D eigenvalue weighted by Gasteiger charge is -2.11. The average molecular weight is 252 g/mol. The Labute approximate surface area is 107 Å². The fourth-order valence-corrected chi connectivity index (χ4v) is 2.35. The van der Waals surface area contributed by atoms with E-state index in [1.165, 1.54) is 0 Å². The number of hydrogen-bond donors (Lipinski definition) is 1. The predicted octanol–water partition coefficient (Wildman–Crippen LogP) is 3.27. The molecule has 0 radical (unpaired) electrons. The molecule has 2 heterocycles. The van der Waals surface area contributed by atoms with Gasteiger partial charge in [0.15, 0.2) is 10.4 Å². The molecule has 0 saturated heterocycles. The fourth-order valence-electron chi connectivity index (χ4n) is 2.09. The van der Waals surface area contributed by atoms with E-state index in [1.807, 2.05) is 11.6 Å². The van der Waals surface area contributed by atoms with Crippen LogP contribution >= 0.6 is 12.2 Å². The SMILES string of the molecule is CCC(C)Cn1c(=S)[nH]c2c(C)nn(CC)c21. The average Bonchev–Trinajstić information content (AvgIpc) is 2.78. The molecule has 17 heavy (non-hydrogen) atoms. The third-order valence-electron chi connectivity index (χ3n) is 3.32. The zero-order chi connectivity index (χ0) is 12.6. The van der Waals surface area contributed by atoms with Crippen LogP contribution in [0.15, 0.2) is 0 Å². The highest BCUT2D eigenvalue weighted by molar-refractivity contribution is 7.71. The Hall–Kier alpha value is -1.10. The van der Waals surface area contributed by atoms with Crippen LogP contribution in [0.3, 0.4) is 0 Å². The number of aryl methyl sites for hydroxylation is 2. The molecule has 0 amide bonds. The van der Waals surface area contributed by atoms with Crippen LogP contribution in [0.2, 0.25) is 0 Å². The largest absolute Gasteiger partial charge is 0.328 e. The van der Waals surface area contributed by atoms with Gasteiger partial charge in [0, 0.05) is 13.1 Å². The van der Waals surface area contributed by atoms with Gasteiger partial charge in [0.2, 0.25) is 0 Å². The summed E-state index contributed by atoms with van der Waals surface area (Å²) in [4.78, 5) is 3.27. The quantitative estimate of drug-likeness (QED) is 0.848. The number of imidazole rings is 1. The van der Waals surface area contributed by atoms with Crippen molar-refractivity contribution < 1.29 is 0 Å². The molecule has 0 bridgehead atoms. The van der Waals surface area contributed by atoms with Crippen molar-refractivity contribution in [3.05, 3.63) is 10.5 Å². The van der Waals surface area contributed by atoms with Crippen LogP contribution in [0, 0.1) is 17.6 Å². The normalized spacial score (nSPS) is 13.4. The molecule has 0 aliphatic carbocycles. The second-order valence-corrected chi connectivity index (χ2v) is 5.04. The molecular weight excluding hydrogens is 232 g/mol. The van der Waals surface area contributed by atoms with E-state index in [2.05, 4.69) is 35.4 Å². The van der Waals surface area contributed by atoms with E-state index >= 15 is 0 Å². The van der Waals surface area contributed by atoms with Crippen molar-refractivity contribution in [2.24, 2.45) is 5.92 Å². The van der Waals surface area contributed by atoms with Gasteiger partial charge in [-0.2, -0.15) is 5.10 Å². The van der Waals surface area contributed by atoms with Gasteiger partial charge in [0.05, 0.1) is 5.69 Å². The molecule has 0 aromatic carbocycles. The first-order valence-electron chi connectivity index (χ1n) is 6.24. The Morgan fingerprint density at radius 2 is 2.12 bits per heavy atom. The highest BCUT2D eigenvalue weighted by Crippen LogP contribution is 2.19. The zero-order valence-electron chi connectivity index (χ0n) is 10.9. The van der Waals surface area contributed by atoms with Gasteiger partial charge in [0.25, 0.3) is 0 Å². The predicted molar refractivity (Wildman–Crippen MR) is 72.8 cm³/mol. The lowest BCUT2D eigenvalue weighted by atomic mass is 10.1. The molecule has 2 aromatic heterocycles. The lowest BCUT2D eigenvalue weighted by Crippen LogP contribution is -2.10. The van der Waals surface area contributed by atoms with Gasteiger partial charge in [-0.05, 0) is 32.0 Å². The number of hydrogen-bond acceptors (Lipinski definition) is 2. The van der Waals surface area contributed by atoms with Crippen LogP contribution in [0.5, 0.6) is 0 Å². The Morgan fingerprint density at radius 1 is 1.41 bits per heavy atom. The van der Waals surface area contributed by atoms with E-state index in [1.54, 1.807) is 0 Å². The van der Waals surface area contributed by atoms with Crippen LogP contribution in [0.4, 0.5) is 0 Å². The molecule has 2 aromatic rings. The molecule has 5 heteroatoms. The molecule has 1 N–H and O–H groups in total. The summed E-state index contributed by atoms with van der Waals surface area (Å²) in [5.41, 5.74) is 3.24.